The van der Waals surface area contributed by atoms with Gasteiger partial charge in [-0.05, 0) is 55.3 Å². The first-order chi connectivity index (χ1) is 14.6. The first kappa shape index (κ1) is 19.0. The Morgan fingerprint density at radius 2 is 1.93 bits per heavy atom. The van der Waals surface area contributed by atoms with E-state index in [4.69, 9.17) is 25.5 Å². The van der Waals surface area contributed by atoms with Gasteiger partial charge < -0.3 is 13.9 Å². The van der Waals surface area contributed by atoms with Crippen molar-refractivity contribution in [1.82, 2.24) is 4.90 Å². The topological polar surface area (TPSA) is 51.9 Å². The smallest absolute Gasteiger partial charge is 0.232 e. The predicted octanol–water partition coefficient (Wildman–Crippen LogP) is 5.25. The Balaban J connectivity index is 1.35. The summed E-state index contributed by atoms with van der Waals surface area (Å²) in [5, 5.41) is 0.736. The van der Waals surface area contributed by atoms with E-state index < -0.39 is 0 Å². The third kappa shape index (κ3) is 3.62. The molecule has 2 aliphatic rings. The Morgan fingerprint density at radius 1 is 1.10 bits per heavy atom. The fraction of sp³-hybridized carbons (Fsp3) is 0.208. The maximum Gasteiger partial charge on any atom is 0.232 e. The number of hydrogen-bond donors (Lipinski definition) is 0. The van der Waals surface area contributed by atoms with E-state index in [1.165, 1.54) is 5.56 Å². The summed E-state index contributed by atoms with van der Waals surface area (Å²) in [5.41, 5.74) is 2.68. The van der Waals surface area contributed by atoms with E-state index in [0.29, 0.717) is 30.3 Å². The molecular formula is C24H20ClNO4. The Bertz CT molecular complexity index is 1150. The van der Waals surface area contributed by atoms with Crippen molar-refractivity contribution in [3.63, 3.8) is 0 Å². The van der Waals surface area contributed by atoms with Gasteiger partial charge in [-0.3, -0.25) is 9.69 Å². The number of ketones is 1. The van der Waals surface area contributed by atoms with Crippen LogP contribution in [-0.4, -0.2) is 24.0 Å². The SMILES string of the molecule is Cc1ccc(/C=C2\Oc3c(ccc4c3CN(CCc3ccc(Cl)cc3)CO4)C2=O)o1. The van der Waals surface area contributed by atoms with Crippen molar-refractivity contribution in [2.45, 2.75) is 19.9 Å². The normalized spacial score (nSPS) is 16.9. The molecular weight excluding hydrogens is 402 g/mol. The van der Waals surface area contributed by atoms with Crippen LogP contribution in [0.15, 0.2) is 58.7 Å². The van der Waals surface area contributed by atoms with Gasteiger partial charge in [0.2, 0.25) is 5.78 Å². The molecule has 0 saturated carbocycles. The van der Waals surface area contributed by atoms with Gasteiger partial charge in [0.25, 0.3) is 0 Å². The average Bonchev–Trinajstić information content (AvgIpc) is 3.31. The van der Waals surface area contributed by atoms with Crippen molar-refractivity contribution in [3.05, 3.63) is 87.5 Å². The van der Waals surface area contributed by atoms with Crippen molar-refractivity contribution < 1.29 is 18.7 Å². The van der Waals surface area contributed by atoms with E-state index in [2.05, 4.69) is 4.90 Å². The average molecular weight is 422 g/mol. The van der Waals surface area contributed by atoms with E-state index in [-0.39, 0.29) is 11.5 Å². The van der Waals surface area contributed by atoms with Crippen LogP contribution in [0.1, 0.15) is 33.0 Å². The van der Waals surface area contributed by atoms with Crippen LogP contribution in [0.5, 0.6) is 11.5 Å². The summed E-state index contributed by atoms with van der Waals surface area (Å²) in [6.07, 6.45) is 2.53. The lowest BCUT2D eigenvalue weighted by Crippen LogP contribution is -2.33. The van der Waals surface area contributed by atoms with Gasteiger partial charge in [-0.2, -0.15) is 0 Å². The van der Waals surface area contributed by atoms with Crippen LogP contribution in [0.2, 0.25) is 5.02 Å². The van der Waals surface area contributed by atoms with E-state index >= 15 is 0 Å². The maximum atomic E-state index is 12.8. The molecule has 5 nitrogen and oxygen atoms in total. The van der Waals surface area contributed by atoms with Crippen LogP contribution in [0.3, 0.4) is 0 Å². The zero-order chi connectivity index (χ0) is 20.7. The van der Waals surface area contributed by atoms with Gasteiger partial charge in [0, 0.05) is 24.2 Å². The van der Waals surface area contributed by atoms with Crippen molar-refractivity contribution in [1.29, 1.82) is 0 Å². The van der Waals surface area contributed by atoms with Crippen molar-refractivity contribution in [2.24, 2.45) is 0 Å². The molecule has 2 aliphatic heterocycles. The molecule has 0 radical (unpaired) electrons. The maximum absolute atomic E-state index is 12.8. The molecule has 152 valence electrons. The number of hydrogen-bond acceptors (Lipinski definition) is 5. The Labute approximate surface area is 179 Å². The molecule has 0 saturated heterocycles. The Morgan fingerprint density at radius 3 is 2.70 bits per heavy atom. The number of rotatable bonds is 4. The Hall–Kier alpha value is -3.02. The summed E-state index contributed by atoms with van der Waals surface area (Å²) in [4.78, 5) is 15.0. The number of benzene rings is 2. The third-order valence-corrected chi connectivity index (χ3v) is 5.60. The molecule has 0 aliphatic carbocycles. The van der Waals surface area contributed by atoms with Crippen LogP contribution in [0.4, 0.5) is 0 Å². The second-order valence-corrected chi connectivity index (χ2v) is 7.95. The lowest BCUT2D eigenvalue weighted by molar-refractivity contribution is 0.0950. The minimum atomic E-state index is -0.139. The minimum Gasteiger partial charge on any atom is -0.478 e. The quantitative estimate of drug-likeness (QED) is 0.538. The molecule has 0 bridgehead atoms. The molecule has 5 rings (SSSR count). The number of fused-ring (bicyclic) bond motifs is 3. The predicted molar refractivity (Wildman–Crippen MR) is 114 cm³/mol. The zero-order valence-corrected chi connectivity index (χ0v) is 17.2. The van der Waals surface area contributed by atoms with Gasteiger partial charge in [-0.25, -0.2) is 0 Å². The second kappa shape index (κ2) is 7.67. The van der Waals surface area contributed by atoms with Crippen molar-refractivity contribution >= 4 is 23.5 Å². The highest BCUT2D eigenvalue weighted by molar-refractivity contribution is 6.30. The summed E-state index contributed by atoms with van der Waals surface area (Å²) in [6, 6.07) is 15.2. The van der Waals surface area contributed by atoms with Crippen LogP contribution in [0, 0.1) is 6.92 Å². The molecule has 1 aromatic heterocycles. The van der Waals surface area contributed by atoms with Crippen molar-refractivity contribution in [3.8, 4) is 11.5 Å². The molecule has 30 heavy (non-hydrogen) atoms. The molecule has 3 heterocycles. The molecule has 0 atom stereocenters. The van der Waals surface area contributed by atoms with Crippen molar-refractivity contribution in [2.75, 3.05) is 13.3 Å². The van der Waals surface area contributed by atoms with Gasteiger partial charge in [-0.15, -0.1) is 0 Å². The largest absolute Gasteiger partial charge is 0.478 e. The first-order valence-corrected chi connectivity index (χ1v) is 10.2. The fourth-order valence-corrected chi connectivity index (χ4v) is 3.87. The number of halogens is 1. The number of ether oxygens (including phenoxy) is 2. The number of Topliss-reactive ketones (excluding diaryl/α,β-unsaturated/α-hetero) is 1. The van der Waals surface area contributed by atoms with Gasteiger partial charge in [-0.1, -0.05) is 23.7 Å². The molecule has 0 N–H and O–H groups in total. The van der Waals surface area contributed by atoms with Gasteiger partial charge in [0.1, 0.15) is 29.8 Å². The summed E-state index contributed by atoms with van der Waals surface area (Å²) < 4.78 is 17.5. The molecule has 6 heteroatoms. The molecule has 2 aromatic carbocycles. The summed E-state index contributed by atoms with van der Waals surface area (Å²) in [5.74, 6) is 2.86. The minimum absolute atomic E-state index is 0.139. The molecule has 0 fully saturated rings. The fourth-order valence-electron chi connectivity index (χ4n) is 3.75. The highest BCUT2D eigenvalue weighted by atomic mass is 35.5. The summed E-state index contributed by atoms with van der Waals surface area (Å²) in [7, 11) is 0. The highest BCUT2D eigenvalue weighted by Crippen LogP contribution is 2.42. The standard InChI is InChI=1S/C24H20ClNO4/c1-15-2-7-18(29-15)12-22-23(27)19-8-9-21-20(24(19)30-22)13-26(14-28-21)11-10-16-3-5-17(25)6-4-16/h2-9,12H,10-11,13-14H2,1H3/b22-12-. The third-order valence-electron chi connectivity index (χ3n) is 5.35. The Kier molecular flexibility index (Phi) is 4.85. The molecule has 0 unspecified atom stereocenters. The van der Waals surface area contributed by atoms with Crippen LogP contribution in [0.25, 0.3) is 6.08 Å². The summed E-state index contributed by atoms with van der Waals surface area (Å²) in [6.45, 7) is 3.85. The highest BCUT2D eigenvalue weighted by Gasteiger charge is 2.33. The van der Waals surface area contributed by atoms with E-state index in [9.17, 15) is 4.79 Å². The number of aryl methyl sites for hydroxylation is 1. The zero-order valence-electron chi connectivity index (χ0n) is 16.5. The van der Waals surface area contributed by atoms with Crippen LogP contribution < -0.4 is 9.47 Å². The van der Waals surface area contributed by atoms with E-state index in [1.54, 1.807) is 12.1 Å². The number of furan rings is 1. The summed E-state index contributed by atoms with van der Waals surface area (Å²) >= 11 is 5.96. The van der Waals surface area contributed by atoms with Crippen LogP contribution >= 0.6 is 11.6 Å². The number of carbonyl (C=O) groups is 1. The van der Waals surface area contributed by atoms with Gasteiger partial charge >= 0.3 is 0 Å². The van der Waals surface area contributed by atoms with Gasteiger partial charge in [0.05, 0.1) is 11.1 Å². The number of nitrogens with zero attached hydrogens (tertiary/aromatic N) is 1. The monoisotopic (exact) mass is 421 g/mol. The van der Waals surface area contributed by atoms with E-state index in [0.717, 1.165) is 35.1 Å². The number of allylic oxidation sites excluding steroid dienone is 1. The van der Waals surface area contributed by atoms with E-state index in [1.807, 2.05) is 49.4 Å². The van der Waals surface area contributed by atoms with Crippen LogP contribution in [-0.2, 0) is 13.0 Å². The second-order valence-electron chi connectivity index (χ2n) is 7.51. The molecule has 0 spiro atoms. The lowest BCUT2D eigenvalue weighted by Gasteiger charge is -2.29. The number of carbonyl (C=O) groups excluding carboxylic acids is 1. The van der Waals surface area contributed by atoms with Gasteiger partial charge in [0.15, 0.2) is 5.76 Å². The molecule has 0 amide bonds. The lowest BCUT2D eigenvalue weighted by atomic mass is 10.0. The molecule has 3 aromatic rings. The first-order valence-electron chi connectivity index (χ1n) is 9.83.